The predicted molar refractivity (Wildman–Crippen MR) is 87.4 cm³/mol. The summed E-state index contributed by atoms with van der Waals surface area (Å²) in [4.78, 5) is 16.7. The monoisotopic (exact) mass is 320 g/mol. The van der Waals surface area contributed by atoms with E-state index in [0.29, 0.717) is 10.7 Å². The molecule has 2 aromatic rings. The van der Waals surface area contributed by atoms with Crippen molar-refractivity contribution in [3.05, 3.63) is 47.5 Å². The number of ether oxygens (including phenoxy) is 1. The van der Waals surface area contributed by atoms with Gasteiger partial charge in [0.05, 0.1) is 12.0 Å². The number of hydrogen-bond donors (Lipinski definition) is 0. The molecule has 0 saturated carbocycles. The first-order valence-corrected chi connectivity index (χ1v) is 7.51. The molecule has 0 bridgehead atoms. The Kier molecular flexibility index (Phi) is 4.34. The van der Waals surface area contributed by atoms with E-state index in [-0.39, 0.29) is 5.97 Å². The zero-order valence-corrected chi connectivity index (χ0v) is 14.3. The van der Waals surface area contributed by atoms with Gasteiger partial charge in [0.1, 0.15) is 11.0 Å². The summed E-state index contributed by atoms with van der Waals surface area (Å²) in [6.07, 6.45) is 3.53. The molecule has 22 heavy (non-hydrogen) atoms. The van der Waals surface area contributed by atoms with E-state index in [9.17, 15) is 4.79 Å². The van der Waals surface area contributed by atoms with Gasteiger partial charge in [0, 0.05) is 16.9 Å². The van der Waals surface area contributed by atoms with Gasteiger partial charge in [0.2, 0.25) is 0 Å². The summed E-state index contributed by atoms with van der Waals surface area (Å²) < 4.78 is 7.34. The lowest BCUT2D eigenvalue weighted by Gasteiger charge is -2.27. The maximum Gasteiger partial charge on any atom is 0.318 e. The number of rotatable bonds is 3. The summed E-state index contributed by atoms with van der Waals surface area (Å²) >= 11 is 5.89. The minimum atomic E-state index is -0.815. The Morgan fingerprint density at radius 3 is 2.27 bits per heavy atom. The number of benzene rings is 1. The first kappa shape index (κ1) is 16.6. The summed E-state index contributed by atoms with van der Waals surface area (Å²) in [5.74, 6) is -0.290. The van der Waals surface area contributed by atoms with Crippen molar-refractivity contribution in [2.24, 2.45) is 0 Å². The van der Waals surface area contributed by atoms with Gasteiger partial charge in [0.15, 0.2) is 0 Å². The van der Waals surface area contributed by atoms with Gasteiger partial charge in [-0.3, -0.25) is 4.79 Å². The Bertz CT molecular complexity index is 667. The van der Waals surface area contributed by atoms with E-state index in [4.69, 9.17) is 16.3 Å². The molecule has 0 radical (unpaired) electrons. The van der Waals surface area contributed by atoms with Crippen LogP contribution in [0.1, 0.15) is 40.3 Å². The molecule has 0 amide bonds. The van der Waals surface area contributed by atoms with Gasteiger partial charge in [-0.25, -0.2) is 4.98 Å². The number of aromatic nitrogens is 2. The molecule has 0 fully saturated rings. The fourth-order valence-electron chi connectivity index (χ4n) is 1.91. The zero-order chi connectivity index (χ0) is 16.5. The lowest BCUT2D eigenvalue weighted by atomic mass is 9.90. The highest BCUT2D eigenvalue weighted by molar-refractivity contribution is 6.30. The molecule has 4 nitrogen and oxygen atoms in total. The molecule has 0 aliphatic rings. The lowest BCUT2D eigenvalue weighted by Crippen LogP contribution is -2.37. The predicted octanol–water partition coefficient (Wildman–Crippen LogP) is 4.15. The largest absolute Gasteiger partial charge is 0.459 e. The van der Waals surface area contributed by atoms with Gasteiger partial charge in [-0.2, -0.15) is 0 Å². The third-order valence-electron chi connectivity index (χ3n) is 3.26. The highest BCUT2D eigenvalue weighted by Crippen LogP contribution is 2.26. The van der Waals surface area contributed by atoms with Crippen LogP contribution in [0.15, 0.2) is 36.8 Å². The molecule has 0 atom stereocenters. The molecule has 0 aliphatic carbocycles. The van der Waals surface area contributed by atoms with Crippen LogP contribution in [0.2, 0.25) is 5.02 Å². The Balaban J connectivity index is 2.26. The molecule has 1 heterocycles. The third kappa shape index (κ3) is 3.69. The van der Waals surface area contributed by atoms with Gasteiger partial charge in [-0.1, -0.05) is 11.6 Å². The smallest absolute Gasteiger partial charge is 0.318 e. The molecular weight excluding hydrogens is 300 g/mol. The van der Waals surface area contributed by atoms with E-state index in [2.05, 4.69) is 4.98 Å². The van der Waals surface area contributed by atoms with Crippen LogP contribution < -0.4 is 0 Å². The topological polar surface area (TPSA) is 44.1 Å². The molecule has 0 aliphatic heterocycles. The van der Waals surface area contributed by atoms with Crippen molar-refractivity contribution < 1.29 is 9.53 Å². The highest BCUT2D eigenvalue weighted by atomic mass is 35.5. The SMILES string of the molecule is CC(C)(C)OC(=O)C(C)(C)c1cn(-c2ccc(Cl)cc2)cn1. The van der Waals surface area contributed by atoms with Gasteiger partial charge >= 0.3 is 5.97 Å². The van der Waals surface area contributed by atoms with Crippen molar-refractivity contribution in [2.75, 3.05) is 0 Å². The third-order valence-corrected chi connectivity index (χ3v) is 3.51. The van der Waals surface area contributed by atoms with Crippen molar-refractivity contribution in [3.8, 4) is 5.69 Å². The Hall–Kier alpha value is -1.81. The number of halogens is 1. The second kappa shape index (κ2) is 5.76. The van der Waals surface area contributed by atoms with Crippen LogP contribution >= 0.6 is 11.6 Å². The number of imidazole rings is 1. The first-order chi connectivity index (χ1) is 10.1. The maximum atomic E-state index is 12.4. The van der Waals surface area contributed by atoms with Crippen LogP contribution in [0, 0.1) is 0 Å². The molecule has 2 rings (SSSR count). The van der Waals surface area contributed by atoms with Gasteiger partial charge in [0.25, 0.3) is 0 Å². The van der Waals surface area contributed by atoms with Crippen molar-refractivity contribution >= 4 is 17.6 Å². The fourth-order valence-corrected chi connectivity index (χ4v) is 2.04. The van der Waals surface area contributed by atoms with Crippen LogP contribution in [0.3, 0.4) is 0 Å². The van der Waals surface area contributed by atoms with Crippen molar-refractivity contribution in [3.63, 3.8) is 0 Å². The molecular formula is C17H21ClN2O2. The van der Waals surface area contributed by atoms with Crippen LogP contribution in [0.25, 0.3) is 5.69 Å². The molecule has 1 aromatic heterocycles. The van der Waals surface area contributed by atoms with Gasteiger partial charge in [-0.15, -0.1) is 0 Å². The molecule has 118 valence electrons. The minimum Gasteiger partial charge on any atom is -0.459 e. The van der Waals surface area contributed by atoms with Crippen molar-refractivity contribution in [1.29, 1.82) is 0 Å². The van der Waals surface area contributed by atoms with E-state index in [0.717, 1.165) is 5.69 Å². The zero-order valence-electron chi connectivity index (χ0n) is 13.6. The number of hydrogen-bond acceptors (Lipinski definition) is 3. The average molecular weight is 321 g/mol. The molecule has 0 unspecified atom stereocenters. The quantitative estimate of drug-likeness (QED) is 0.798. The summed E-state index contributed by atoms with van der Waals surface area (Å²) in [6.45, 7) is 9.19. The Morgan fingerprint density at radius 1 is 1.14 bits per heavy atom. The van der Waals surface area contributed by atoms with Crippen LogP contribution in [0.5, 0.6) is 0 Å². The Labute approximate surface area is 136 Å². The maximum absolute atomic E-state index is 12.4. The Morgan fingerprint density at radius 2 is 1.73 bits per heavy atom. The van der Waals surface area contributed by atoms with E-state index in [1.165, 1.54) is 0 Å². The van der Waals surface area contributed by atoms with Crippen LogP contribution in [-0.4, -0.2) is 21.1 Å². The second-order valence-corrected chi connectivity index (χ2v) is 7.21. The average Bonchev–Trinajstić information content (AvgIpc) is 2.87. The summed E-state index contributed by atoms with van der Waals surface area (Å²) in [7, 11) is 0. The van der Waals surface area contributed by atoms with Gasteiger partial charge < -0.3 is 9.30 Å². The molecule has 0 spiro atoms. The van der Waals surface area contributed by atoms with Gasteiger partial charge in [-0.05, 0) is 58.9 Å². The number of carbonyl (C=O) groups is 1. The van der Waals surface area contributed by atoms with Crippen molar-refractivity contribution in [1.82, 2.24) is 9.55 Å². The molecule has 5 heteroatoms. The van der Waals surface area contributed by atoms with E-state index >= 15 is 0 Å². The second-order valence-electron chi connectivity index (χ2n) is 6.77. The van der Waals surface area contributed by atoms with E-state index in [1.807, 2.05) is 69.6 Å². The number of carbonyl (C=O) groups excluding carboxylic acids is 1. The fraction of sp³-hybridized carbons (Fsp3) is 0.412. The number of esters is 1. The molecule has 0 saturated heterocycles. The van der Waals surface area contributed by atoms with E-state index in [1.54, 1.807) is 6.33 Å². The standard InChI is InChI=1S/C17H21ClN2O2/c1-16(2,3)22-15(21)17(4,5)14-10-20(11-19-14)13-8-6-12(18)7-9-13/h6-11H,1-5H3. The lowest BCUT2D eigenvalue weighted by molar-refractivity contribution is -0.161. The van der Waals surface area contributed by atoms with Crippen molar-refractivity contribution in [2.45, 2.75) is 45.6 Å². The summed E-state index contributed by atoms with van der Waals surface area (Å²) in [6, 6.07) is 7.42. The molecule has 0 N–H and O–H groups in total. The van der Waals surface area contributed by atoms with E-state index < -0.39 is 11.0 Å². The van der Waals surface area contributed by atoms with Crippen LogP contribution in [0.4, 0.5) is 0 Å². The first-order valence-electron chi connectivity index (χ1n) is 7.13. The van der Waals surface area contributed by atoms with Crippen LogP contribution in [-0.2, 0) is 14.9 Å². The number of nitrogens with zero attached hydrogens (tertiary/aromatic N) is 2. The minimum absolute atomic E-state index is 0.290. The molecule has 1 aromatic carbocycles. The summed E-state index contributed by atoms with van der Waals surface area (Å²) in [5, 5.41) is 0.679. The highest BCUT2D eigenvalue weighted by Gasteiger charge is 2.36. The summed E-state index contributed by atoms with van der Waals surface area (Å²) in [5.41, 5.74) is 0.262. The normalized spacial score (nSPS) is 12.3.